The van der Waals surface area contributed by atoms with Gasteiger partial charge in [-0.05, 0) is 44.6 Å². The molecule has 0 saturated carbocycles. The summed E-state index contributed by atoms with van der Waals surface area (Å²) in [5.74, 6) is 0.123. The fraction of sp³-hybridized carbons (Fsp3) is 0.455. The van der Waals surface area contributed by atoms with Gasteiger partial charge in [-0.3, -0.25) is 0 Å². The number of ether oxygens (including phenoxy) is 1. The molecule has 0 aliphatic carbocycles. The maximum Gasteiger partial charge on any atom is 0.225 e. The van der Waals surface area contributed by atoms with E-state index < -0.39 is 5.95 Å². The van der Waals surface area contributed by atoms with Crippen LogP contribution in [0.5, 0.6) is 11.6 Å². The zero-order valence-corrected chi connectivity index (χ0v) is 17.0. The average molecular weight is 387 g/mol. The lowest BCUT2D eigenvalue weighted by molar-refractivity contribution is 0.228. The molecule has 1 aliphatic rings. The first-order valence-corrected chi connectivity index (χ1v) is 10.0. The van der Waals surface area contributed by atoms with Gasteiger partial charge in [0.2, 0.25) is 11.8 Å². The number of likely N-dealkylation sites (tertiary alicyclic amines) is 1. The SMILES string of the molecule is CC.CN1CCCC(NCCC(=N)c2ccc(Oc3ccccc3)nc2F)C1. The van der Waals surface area contributed by atoms with Crippen molar-refractivity contribution in [2.45, 2.75) is 39.2 Å². The first kappa shape index (κ1) is 22.0. The number of halogens is 1. The van der Waals surface area contributed by atoms with Crippen molar-refractivity contribution >= 4 is 5.71 Å². The van der Waals surface area contributed by atoms with Crippen LogP contribution in [0.2, 0.25) is 0 Å². The number of nitrogens with one attached hydrogen (secondary N) is 2. The second-order valence-corrected chi connectivity index (χ2v) is 6.69. The van der Waals surface area contributed by atoms with Gasteiger partial charge in [0.1, 0.15) is 5.75 Å². The van der Waals surface area contributed by atoms with Crippen LogP contribution in [0.15, 0.2) is 42.5 Å². The van der Waals surface area contributed by atoms with Gasteiger partial charge in [0.25, 0.3) is 0 Å². The van der Waals surface area contributed by atoms with Crippen LogP contribution in [0.4, 0.5) is 4.39 Å². The lowest BCUT2D eigenvalue weighted by Crippen LogP contribution is -2.44. The molecule has 1 saturated heterocycles. The number of aromatic nitrogens is 1. The van der Waals surface area contributed by atoms with E-state index in [9.17, 15) is 4.39 Å². The normalized spacial score (nSPS) is 16.8. The van der Waals surface area contributed by atoms with E-state index in [1.54, 1.807) is 24.3 Å². The number of rotatable bonds is 7. The molecule has 0 radical (unpaired) electrons. The maximum absolute atomic E-state index is 14.3. The van der Waals surface area contributed by atoms with Crippen LogP contribution in [0, 0.1) is 11.4 Å². The Kier molecular flexibility index (Phi) is 9.04. The van der Waals surface area contributed by atoms with E-state index in [0.717, 1.165) is 19.5 Å². The highest BCUT2D eigenvalue weighted by Crippen LogP contribution is 2.20. The molecule has 0 spiro atoms. The molecule has 2 N–H and O–H groups in total. The third kappa shape index (κ3) is 6.69. The van der Waals surface area contributed by atoms with E-state index >= 15 is 0 Å². The minimum absolute atomic E-state index is 0.189. The predicted molar refractivity (Wildman–Crippen MR) is 112 cm³/mol. The van der Waals surface area contributed by atoms with Crippen molar-refractivity contribution < 1.29 is 9.13 Å². The summed E-state index contributed by atoms with van der Waals surface area (Å²) in [7, 11) is 2.12. The zero-order chi connectivity index (χ0) is 20.4. The van der Waals surface area contributed by atoms with Crippen molar-refractivity contribution in [2.75, 3.05) is 26.7 Å². The van der Waals surface area contributed by atoms with Crippen LogP contribution in [0.25, 0.3) is 0 Å². The van der Waals surface area contributed by atoms with E-state index in [1.165, 1.54) is 6.42 Å². The molecule has 1 aliphatic heterocycles. The summed E-state index contributed by atoms with van der Waals surface area (Å²) in [5, 5.41) is 11.6. The van der Waals surface area contributed by atoms with Crippen molar-refractivity contribution in [3.63, 3.8) is 0 Å². The Morgan fingerprint density at radius 1 is 1.25 bits per heavy atom. The van der Waals surface area contributed by atoms with Gasteiger partial charge in [0.15, 0.2) is 0 Å². The van der Waals surface area contributed by atoms with Gasteiger partial charge in [0.05, 0.1) is 5.56 Å². The molecule has 3 rings (SSSR count). The van der Waals surface area contributed by atoms with Gasteiger partial charge >= 0.3 is 0 Å². The molecule has 1 atom stereocenters. The number of nitrogens with zero attached hydrogens (tertiary/aromatic N) is 2. The van der Waals surface area contributed by atoms with Gasteiger partial charge < -0.3 is 20.4 Å². The summed E-state index contributed by atoms with van der Waals surface area (Å²) in [4.78, 5) is 6.15. The number of likely N-dealkylation sites (N-methyl/N-ethyl adjacent to an activating group) is 1. The Balaban J connectivity index is 0.00000136. The quantitative estimate of drug-likeness (QED) is 0.544. The smallest absolute Gasteiger partial charge is 0.225 e. The Bertz CT molecular complexity index is 739. The molecular formula is C22H31FN4O. The fourth-order valence-corrected chi connectivity index (χ4v) is 3.18. The summed E-state index contributed by atoms with van der Waals surface area (Å²) < 4.78 is 19.8. The zero-order valence-electron chi connectivity index (χ0n) is 17.0. The minimum Gasteiger partial charge on any atom is -0.439 e. The van der Waals surface area contributed by atoms with E-state index in [-0.39, 0.29) is 17.2 Å². The third-order valence-electron chi connectivity index (χ3n) is 4.55. The fourth-order valence-electron chi connectivity index (χ4n) is 3.18. The van der Waals surface area contributed by atoms with Crippen molar-refractivity contribution in [1.82, 2.24) is 15.2 Å². The maximum atomic E-state index is 14.3. The van der Waals surface area contributed by atoms with Gasteiger partial charge in [-0.1, -0.05) is 32.0 Å². The number of piperidine rings is 1. The van der Waals surface area contributed by atoms with Crippen LogP contribution in [-0.4, -0.2) is 48.3 Å². The monoisotopic (exact) mass is 386 g/mol. The molecule has 1 aromatic carbocycles. The minimum atomic E-state index is -0.666. The van der Waals surface area contributed by atoms with Crippen molar-refractivity contribution in [1.29, 1.82) is 5.41 Å². The summed E-state index contributed by atoms with van der Waals surface area (Å²) in [5.41, 5.74) is 0.478. The molecule has 1 fully saturated rings. The molecule has 6 heteroatoms. The highest BCUT2D eigenvalue weighted by atomic mass is 19.1. The second-order valence-electron chi connectivity index (χ2n) is 6.69. The molecule has 28 heavy (non-hydrogen) atoms. The van der Waals surface area contributed by atoms with Crippen molar-refractivity contribution in [2.24, 2.45) is 0 Å². The summed E-state index contributed by atoms with van der Waals surface area (Å²) in [6.07, 6.45) is 2.81. The van der Waals surface area contributed by atoms with Crippen LogP contribution in [-0.2, 0) is 0 Å². The lowest BCUT2D eigenvalue weighted by atomic mass is 10.1. The molecular weight excluding hydrogens is 355 g/mol. The van der Waals surface area contributed by atoms with Crippen LogP contribution >= 0.6 is 0 Å². The molecule has 2 heterocycles. The number of hydrogen-bond acceptors (Lipinski definition) is 5. The third-order valence-corrected chi connectivity index (χ3v) is 4.55. The van der Waals surface area contributed by atoms with E-state index in [0.29, 0.717) is 24.8 Å². The Hall–Kier alpha value is -2.31. The van der Waals surface area contributed by atoms with Crippen LogP contribution in [0.3, 0.4) is 0 Å². The van der Waals surface area contributed by atoms with Gasteiger partial charge in [-0.25, -0.2) is 0 Å². The van der Waals surface area contributed by atoms with Crippen molar-refractivity contribution in [3.05, 3.63) is 54.0 Å². The number of benzene rings is 1. The number of hydrogen-bond donors (Lipinski definition) is 2. The molecule has 2 aromatic rings. The lowest BCUT2D eigenvalue weighted by Gasteiger charge is -2.30. The highest BCUT2D eigenvalue weighted by Gasteiger charge is 2.17. The van der Waals surface area contributed by atoms with Crippen LogP contribution < -0.4 is 10.1 Å². The Morgan fingerprint density at radius 3 is 2.68 bits per heavy atom. The Labute approximate surface area is 167 Å². The van der Waals surface area contributed by atoms with Gasteiger partial charge in [-0.2, -0.15) is 9.37 Å². The van der Waals surface area contributed by atoms with Gasteiger partial charge in [-0.15, -0.1) is 0 Å². The van der Waals surface area contributed by atoms with Crippen molar-refractivity contribution in [3.8, 4) is 11.6 Å². The van der Waals surface area contributed by atoms with Crippen LogP contribution in [0.1, 0.15) is 38.7 Å². The molecule has 0 bridgehead atoms. The summed E-state index contributed by atoms with van der Waals surface area (Å²) in [6.45, 7) is 6.83. The number of para-hydroxylation sites is 1. The van der Waals surface area contributed by atoms with E-state index in [1.807, 2.05) is 32.0 Å². The molecule has 1 aromatic heterocycles. The molecule has 0 amide bonds. The average Bonchev–Trinajstić information content (AvgIpc) is 2.70. The first-order valence-electron chi connectivity index (χ1n) is 10.0. The van der Waals surface area contributed by atoms with E-state index in [4.69, 9.17) is 10.1 Å². The second kappa shape index (κ2) is 11.5. The number of pyridine rings is 1. The molecule has 5 nitrogen and oxygen atoms in total. The molecule has 152 valence electrons. The first-order chi connectivity index (χ1) is 13.6. The molecule has 1 unspecified atom stereocenters. The van der Waals surface area contributed by atoms with Gasteiger partial charge in [0, 0.05) is 37.3 Å². The topological polar surface area (TPSA) is 61.2 Å². The van der Waals surface area contributed by atoms with E-state index in [2.05, 4.69) is 22.2 Å². The highest BCUT2D eigenvalue weighted by molar-refractivity contribution is 5.98. The summed E-state index contributed by atoms with van der Waals surface area (Å²) in [6, 6.07) is 12.7. The standard InChI is InChI=1S/C20H25FN4O.C2H6/c1-25-13-5-6-15(14-25)23-12-11-18(22)17-9-10-19(24-20(17)21)26-16-7-3-2-4-8-16;1-2/h2-4,7-10,15,22-23H,5-6,11-14H2,1H3;1-2H3. The summed E-state index contributed by atoms with van der Waals surface area (Å²) >= 11 is 0. The predicted octanol–water partition coefficient (Wildman–Crippen LogP) is 4.48. The Morgan fingerprint density at radius 2 is 2.00 bits per heavy atom. The largest absolute Gasteiger partial charge is 0.439 e.